The Balaban J connectivity index is 2.26. The van der Waals surface area contributed by atoms with Gasteiger partial charge in [-0.15, -0.1) is 0 Å². The van der Waals surface area contributed by atoms with Crippen LogP contribution in [0, 0.1) is 12.7 Å². The molecule has 1 rings (SSSR count). The summed E-state index contributed by atoms with van der Waals surface area (Å²) < 4.78 is 13.7. The van der Waals surface area contributed by atoms with E-state index in [0.717, 1.165) is 12.8 Å². The van der Waals surface area contributed by atoms with Crippen molar-refractivity contribution in [2.24, 2.45) is 0 Å². The predicted octanol–water partition coefficient (Wildman–Crippen LogP) is 3.79. The summed E-state index contributed by atoms with van der Waals surface area (Å²) >= 11 is 1.86. The fourth-order valence-corrected chi connectivity index (χ4v) is 2.34. The van der Waals surface area contributed by atoms with Crippen molar-refractivity contribution in [1.82, 2.24) is 5.32 Å². The quantitative estimate of drug-likeness (QED) is 0.735. The molecule has 0 aliphatic carbocycles. The molecule has 1 aromatic carbocycles. The van der Waals surface area contributed by atoms with Crippen LogP contribution in [-0.2, 0) is 0 Å². The topological polar surface area (TPSA) is 29.1 Å². The van der Waals surface area contributed by atoms with E-state index in [1.807, 2.05) is 11.8 Å². The number of aryl methyl sites for hydroxylation is 1. The Labute approximate surface area is 119 Å². The molecule has 0 spiro atoms. The molecule has 1 aromatic rings. The number of benzene rings is 1. The standard InChI is InChI=1S/C15H22FNOS/c1-12-8-7-9-13(14(12)16)15(18)17-10-5-3-4-6-11-19-2/h7-9H,3-6,10-11H2,1-2H3,(H,17,18). The number of rotatable bonds is 8. The van der Waals surface area contributed by atoms with Crippen molar-refractivity contribution >= 4 is 17.7 Å². The number of nitrogens with one attached hydrogen (secondary N) is 1. The van der Waals surface area contributed by atoms with E-state index in [1.54, 1.807) is 19.1 Å². The number of unbranched alkanes of at least 4 members (excludes halogenated alkanes) is 3. The van der Waals surface area contributed by atoms with E-state index in [1.165, 1.54) is 24.7 Å². The first kappa shape index (κ1) is 16.0. The lowest BCUT2D eigenvalue weighted by atomic mass is 10.1. The first-order chi connectivity index (χ1) is 9.16. The minimum absolute atomic E-state index is 0.141. The van der Waals surface area contributed by atoms with Gasteiger partial charge in [-0.25, -0.2) is 4.39 Å². The van der Waals surface area contributed by atoms with Crippen LogP contribution in [0.15, 0.2) is 18.2 Å². The Morgan fingerprint density at radius 2 is 2.00 bits per heavy atom. The largest absolute Gasteiger partial charge is 0.352 e. The summed E-state index contributed by atoms with van der Waals surface area (Å²) in [6, 6.07) is 4.89. The van der Waals surface area contributed by atoms with Crippen molar-refractivity contribution in [2.75, 3.05) is 18.6 Å². The highest BCUT2D eigenvalue weighted by molar-refractivity contribution is 7.98. The van der Waals surface area contributed by atoms with Crippen LogP contribution in [0.5, 0.6) is 0 Å². The monoisotopic (exact) mass is 283 g/mol. The Morgan fingerprint density at radius 3 is 2.74 bits per heavy atom. The summed E-state index contributed by atoms with van der Waals surface area (Å²) in [6.07, 6.45) is 6.58. The molecule has 0 aliphatic heterocycles. The Bertz CT molecular complexity index is 409. The fraction of sp³-hybridized carbons (Fsp3) is 0.533. The van der Waals surface area contributed by atoms with Gasteiger partial charge in [-0.05, 0) is 43.4 Å². The highest BCUT2D eigenvalue weighted by Gasteiger charge is 2.11. The molecule has 0 radical (unpaired) electrons. The number of carbonyl (C=O) groups excluding carboxylic acids is 1. The normalized spacial score (nSPS) is 10.5. The van der Waals surface area contributed by atoms with Crippen LogP contribution in [0.3, 0.4) is 0 Å². The molecule has 0 bridgehead atoms. The van der Waals surface area contributed by atoms with E-state index in [2.05, 4.69) is 11.6 Å². The minimum Gasteiger partial charge on any atom is -0.352 e. The smallest absolute Gasteiger partial charge is 0.254 e. The molecule has 0 saturated carbocycles. The third-order valence-electron chi connectivity index (χ3n) is 3.00. The Morgan fingerprint density at radius 1 is 1.26 bits per heavy atom. The van der Waals surface area contributed by atoms with Crippen molar-refractivity contribution in [3.63, 3.8) is 0 Å². The lowest BCUT2D eigenvalue weighted by Crippen LogP contribution is -2.25. The zero-order valence-corrected chi connectivity index (χ0v) is 12.5. The maximum atomic E-state index is 13.7. The van der Waals surface area contributed by atoms with Crippen LogP contribution in [0.25, 0.3) is 0 Å². The summed E-state index contributed by atoms with van der Waals surface area (Å²) in [7, 11) is 0. The van der Waals surface area contributed by atoms with Crippen molar-refractivity contribution in [3.05, 3.63) is 35.1 Å². The second-order valence-electron chi connectivity index (χ2n) is 4.60. The highest BCUT2D eigenvalue weighted by atomic mass is 32.2. The molecule has 0 aliphatic rings. The molecule has 0 atom stereocenters. The summed E-state index contributed by atoms with van der Waals surface area (Å²) in [4.78, 5) is 11.8. The van der Waals surface area contributed by atoms with Gasteiger partial charge in [0.05, 0.1) is 5.56 Å². The lowest BCUT2D eigenvalue weighted by Gasteiger charge is -2.07. The Hall–Kier alpha value is -1.03. The zero-order valence-electron chi connectivity index (χ0n) is 11.7. The summed E-state index contributed by atoms with van der Waals surface area (Å²) in [5.74, 6) is 0.464. The van der Waals surface area contributed by atoms with Gasteiger partial charge in [0.1, 0.15) is 5.82 Å². The van der Waals surface area contributed by atoms with Gasteiger partial charge in [-0.2, -0.15) is 11.8 Å². The molecule has 4 heteroatoms. The maximum Gasteiger partial charge on any atom is 0.254 e. The van der Waals surface area contributed by atoms with Crippen LogP contribution < -0.4 is 5.32 Å². The van der Waals surface area contributed by atoms with Crippen LogP contribution in [-0.4, -0.2) is 24.5 Å². The van der Waals surface area contributed by atoms with Gasteiger partial charge < -0.3 is 5.32 Å². The van der Waals surface area contributed by atoms with Gasteiger partial charge in [0, 0.05) is 6.54 Å². The number of carbonyl (C=O) groups is 1. The van der Waals surface area contributed by atoms with E-state index < -0.39 is 5.82 Å². The number of amides is 1. The maximum absolute atomic E-state index is 13.7. The van der Waals surface area contributed by atoms with Crippen LogP contribution in [0.1, 0.15) is 41.6 Å². The van der Waals surface area contributed by atoms with Crippen LogP contribution >= 0.6 is 11.8 Å². The van der Waals surface area contributed by atoms with Crippen LogP contribution in [0.4, 0.5) is 4.39 Å². The van der Waals surface area contributed by atoms with Gasteiger partial charge in [0.25, 0.3) is 5.91 Å². The van der Waals surface area contributed by atoms with Crippen LogP contribution in [0.2, 0.25) is 0 Å². The van der Waals surface area contributed by atoms with Gasteiger partial charge >= 0.3 is 0 Å². The van der Waals surface area contributed by atoms with E-state index in [-0.39, 0.29) is 11.5 Å². The second-order valence-corrected chi connectivity index (χ2v) is 5.58. The first-order valence-corrected chi connectivity index (χ1v) is 8.08. The molecule has 1 amide bonds. The first-order valence-electron chi connectivity index (χ1n) is 6.69. The van der Waals surface area contributed by atoms with E-state index in [4.69, 9.17) is 0 Å². The molecular formula is C15H22FNOS. The molecule has 2 nitrogen and oxygen atoms in total. The predicted molar refractivity (Wildman–Crippen MR) is 80.3 cm³/mol. The summed E-state index contributed by atoms with van der Waals surface area (Å²) in [5.41, 5.74) is 0.645. The lowest BCUT2D eigenvalue weighted by molar-refractivity contribution is 0.0948. The molecule has 0 heterocycles. The molecule has 0 aromatic heterocycles. The second kappa shape index (κ2) is 8.97. The number of hydrogen-bond donors (Lipinski definition) is 1. The SMILES string of the molecule is CSCCCCCCNC(=O)c1cccc(C)c1F. The molecular weight excluding hydrogens is 261 g/mol. The number of hydrogen-bond acceptors (Lipinski definition) is 2. The molecule has 1 N–H and O–H groups in total. The van der Waals surface area contributed by atoms with E-state index >= 15 is 0 Å². The summed E-state index contributed by atoms with van der Waals surface area (Å²) in [6.45, 7) is 2.28. The highest BCUT2D eigenvalue weighted by Crippen LogP contribution is 2.11. The average molecular weight is 283 g/mol. The Kier molecular flexibility index (Phi) is 7.56. The molecule has 106 valence electrons. The minimum atomic E-state index is -0.417. The fourth-order valence-electron chi connectivity index (χ4n) is 1.84. The average Bonchev–Trinajstić information content (AvgIpc) is 2.40. The third-order valence-corrected chi connectivity index (χ3v) is 3.69. The zero-order chi connectivity index (χ0) is 14.1. The van der Waals surface area contributed by atoms with Crippen molar-refractivity contribution in [2.45, 2.75) is 32.6 Å². The molecule has 0 saturated heterocycles. The van der Waals surface area contributed by atoms with Gasteiger partial charge in [-0.1, -0.05) is 25.0 Å². The number of halogens is 1. The van der Waals surface area contributed by atoms with Gasteiger partial charge in [0.2, 0.25) is 0 Å². The summed E-state index contributed by atoms with van der Waals surface area (Å²) in [5, 5.41) is 2.77. The third kappa shape index (κ3) is 5.64. The van der Waals surface area contributed by atoms with E-state index in [0.29, 0.717) is 12.1 Å². The van der Waals surface area contributed by atoms with Crippen molar-refractivity contribution < 1.29 is 9.18 Å². The molecule has 19 heavy (non-hydrogen) atoms. The molecule has 0 fully saturated rings. The van der Waals surface area contributed by atoms with Gasteiger partial charge in [0.15, 0.2) is 0 Å². The van der Waals surface area contributed by atoms with Gasteiger partial charge in [-0.3, -0.25) is 4.79 Å². The van der Waals surface area contributed by atoms with Crippen molar-refractivity contribution in [1.29, 1.82) is 0 Å². The van der Waals surface area contributed by atoms with E-state index in [9.17, 15) is 9.18 Å². The van der Waals surface area contributed by atoms with Crippen molar-refractivity contribution in [3.8, 4) is 0 Å². The number of thioether (sulfide) groups is 1. The molecule has 0 unspecified atom stereocenters.